The van der Waals surface area contributed by atoms with Crippen molar-refractivity contribution in [3.8, 4) is 0 Å². The molecule has 1 atom stereocenters. The molecule has 0 aromatic carbocycles. The number of nitrogens with one attached hydrogen (secondary N) is 1. The Labute approximate surface area is 89.4 Å². The predicted molar refractivity (Wildman–Crippen MR) is 62.6 cm³/mol. The quantitative estimate of drug-likeness (QED) is 0.667. The highest BCUT2D eigenvalue weighted by molar-refractivity contribution is 4.69. The van der Waals surface area contributed by atoms with Crippen LogP contribution in [0, 0.1) is 5.92 Å². The number of rotatable bonds is 6. The largest absolute Gasteiger partial charge is 0.377 e. The van der Waals surface area contributed by atoms with Crippen LogP contribution in [0.15, 0.2) is 0 Å². The first-order valence-corrected chi connectivity index (χ1v) is 5.68. The van der Waals surface area contributed by atoms with Crippen molar-refractivity contribution in [1.82, 2.24) is 5.32 Å². The van der Waals surface area contributed by atoms with Crippen molar-refractivity contribution in [1.29, 1.82) is 0 Å². The molecule has 0 aliphatic rings. The minimum absolute atomic E-state index is 0.199. The second kappa shape index (κ2) is 6.41. The smallest absolute Gasteiger partial charge is 0.0594 e. The van der Waals surface area contributed by atoms with Gasteiger partial charge in [-0.15, -0.1) is 0 Å². The molecule has 0 bridgehead atoms. The van der Waals surface area contributed by atoms with E-state index in [0.717, 1.165) is 25.5 Å². The van der Waals surface area contributed by atoms with E-state index in [-0.39, 0.29) is 5.54 Å². The van der Waals surface area contributed by atoms with E-state index in [0.29, 0.717) is 6.10 Å². The van der Waals surface area contributed by atoms with Crippen LogP contribution in [0.25, 0.3) is 0 Å². The van der Waals surface area contributed by atoms with Crippen molar-refractivity contribution >= 4 is 0 Å². The van der Waals surface area contributed by atoms with Gasteiger partial charge in [-0.25, -0.2) is 0 Å². The van der Waals surface area contributed by atoms with Gasteiger partial charge in [-0.05, 0) is 40.0 Å². The molecule has 0 saturated heterocycles. The highest BCUT2D eigenvalue weighted by atomic mass is 16.5. The lowest BCUT2D eigenvalue weighted by molar-refractivity contribution is 0.0514. The van der Waals surface area contributed by atoms with Crippen LogP contribution in [0.4, 0.5) is 0 Å². The first-order valence-electron chi connectivity index (χ1n) is 5.68. The molecular weight excluding hydrogens is 174 g/mol. The van der Waals surface area contributed by atoms with Crippen molar-refractivity contribution in [2.45, 2.75) is 59.6 Å². The fraction of sp³-hybridized carbons (Fsp3) is 1.00. The number of ether oxygens (including phenoxy) is 1. The van der Waals surface area contributed by atoms with E-state index in [9.17, 15) is 0 Å². The van der Waals surface area contributed by atoms with Crippen LogP contribution < -0.4 is 5.32 Å². The minimum atomic E-state index is 0.199. The van der Waals surface area contributed by atoms with Gasteiger partial charge in [-0.2, -0.15) is 0 Å². The topological polar surface area (TPSA) is 21.3 Å². The third-order valence-corrected chi connectivity index (χ3v) is 1.96. The lowest BCUT2D eigenvalue weighted by Gasteiger charge is -2.21. The van der Waals surface area contributed by atoms with Gasteiger partial charge in [0.15, 0.2) is 0 Å². The molecular formula is C12H27NO. The van der Waals surface area contributed by atoms with E-state index in [1.54, 1.807) is 0 Å². The zero-order chi connectivity index (χ0) is 11.2. The third kappa shape index (κ3) is 10.0. The Balaban J connectivity index is 3.36. The van der Waals surface area contributed by atoms with Gasteiger partial charge >= 0.3 is 0 Å². The van der Waals surface area contributed by atoms with Crippen molar-refractivity contribution in [2.75, 3.05) is 13.2 Å². The second-order valence-electron chi connectivity index (χ2n) is 5.49. The second-order valence-corrected chi connectivity index (χ2v) is 5.49. The van der Waals surface area contributed by atoms with Gasteiger partial charge in [0.05, 0.1) is 12.7 Å². The summed E-state index contributed by atoms with van der Waals surface area (Å²) in [5.74, 6) is 0.723. The van der Waals surface area contributed by atoms with Gasteiger partial charge in [0.2, 0.25) is 0 Å². The molecule has 1 unspecified atom stereocenters. The summed E-state index contributed by atoms with van der Waals surface area (Å²) < 4.78 is 5.69. The van der Waals surface area contributed by atoms with Crippen LogP contribution >= 0.6 is 0 Å². The fourth-order valence-electron chi connectivity index (χ4n) is 1.42. The van der Waals surface area contributed by atoms with Crippen LogP contribution in [-0.2, 0) is 4.74 Å². The van der Waals surface area contributed by atoms with Crippen LogP contribution in [0.1, 0.15) is 48.0 Å². The zero-order valence-electron chi connectivity index (χ0n) is 10.7. The Morgan fingerprint density at radius 3 is 2.14 bits per heavy atom. The van der Waals surface area contributed by atoms with Crippen molar-refractivity contribution < 1.29 is 4.74 Å². The van der Waals surface area contributed by atoms with E-state index < -0.39 is 0 Å². The molecule has 0 heterocycles. The summed E-state index contributed by atoms with van der Waals surface area (Å²) in [5.41, 5.74) is 0.199. The molecule has 1 N–H and O–H groups in total. The summed E-state index contributed by atoms with van der Waals surface area (Å²) in [4.78, 5) is 0. The average Bonchev–Trinajstić information content (AvgIpc) is 1.95. The molecule has 0 aromatic rings. The van der Waals surface area contributed by atoms with Crippen LogP contribution in [0.5, 0.6) is 0 Å². The maximum absolute atomic E-state index is 5.69. The van der Waals surface area contributed by atoms with E-state index >= 15 is 0 Å². The minimum Gasteiger partial charge on any atom is -0.377 e. The molecule has 2 heteroatoms. The molecule has 0 fully saturated rings. The van der Waals surface area contributed by atoms with Crippen LogP contribution in [-0.4, -0.2) is 24.8 Å². The molecule has 0 amide bonds. The van der Waals surface area contributed by atoms with E-state index in [1.165, 1.54) is 0 Å². The Morgan fingerprint density at radius 2 is 1.71 bits per heavy atom. The highest BCUT2D eigenvalue weighted by Gasteiger charge is 2.08. The highest BCUT2D eigenvalue weighted by Crippen LogP contribution is 2.07. The molecule has 86 valence electrons. The first kappa shape index (κ1) is 13.9. The first-order chi connectivity index (χ1) is 6.31. The Hall–Kier alpha value is -0.0800. The summed E-state index contributed by atoms with van der Waals surface area (Å²) in [6.07, 6.45) is 1.53. The summed E-state index contributed by atoms with van der Waals surface area (Å²) in [5, 5.41) is 3.41. The summed E-state index contributed by atoms with van der Waals surface area (Å²) in [7, 11) is 0. The van der Waals surface area contributed by atoms with Crippen LogP contribution in [0.2, 0.25) is 0 Å². The molecule has 0 aliphatic heterocycles. The Morgan fingerprint density at radius 1 is 1.14 bits per heavy atom. The van der Waals surface area contributed by atoms with Gasteiger partial charge in [0.25, 0.3) is 0 Å². The maximum Gasteiger partial charge on any atom is 0.0594 e. The normalized spacial score (nSPS) is 14.8. The SMILES string of the molecule is CC(C)CC(C)OCCNC(C)(C)C. The van der Waals surface area contributed by atoms with Gasteiger partial charge < -0.3 is 10.1 Å². The predicted octanol–water partition coefficient (Wildman–Crippen LogP) is 2.83. The van der Waals surface area contributed by atoms with Crippen LogP contribution in [0.3, 0.4) is 0 Å². The number of hydrogen-bond donors (Lipinski definition) is 1. The van der Waals surface area contributed by atoms with Gasteiger partial charge in [-0.3, -0.25) is 0 Å². The molecule has 0 radical (unpaired) electrons. The molecule has 14 heavy (non-hydrogen) atoms. The lowest BCUT2D eigenvalue weighted by atomic mass is 10.1. The summed E-state index contributed by atoms with van der Waals surface area (Å²) >= 11 is 0. The standard InChI is InChI=1S/C12H27NO/c1-10(2)9-11(3)14-8-7-13-12(4,5)6/h10-11,13H,7-9H2,1-6H3. The number of hydrogen-bond acceptors (Lipinski definition) is 2. The van der Waals surface area contributed by atoms with E-state index in [4.69, 9.17) is 4.74 Å². The molecule has 0 aromatic heterocycles. The Bertz CT molecular complexity index is 138. The third-order valence-electron chi connectivity index (χ3n) is 1.96. The summed E-state index contributed by atoms with van der Waals surface area (Å²) in [6.45, 7) is 14.9. The van der Waals surface area contributed by atoms with Crippen molar-refractivity contribution in [3.05, 3.63) is 0 Å². The summed E-state index contributed by atoms with van der Waals surface area (Å²) in [6, 6.07) is 0. The van der Waals surface area contributed by atoms with Gasteiger partial charge in [0, 0.05) is 12.1 Å². The van der Waals surface area contributed by atoms with Crippen molar-refractivity contribution in [2.24, 2.45) is 5.92 Å². The Kier molecular flexibility index (Phi) is 6.38. The van der Waals surface area contributed by atoms with Gasteiger partial charge in [-0.1, -0.05) is 13.8 Å². The fourth-order valence-corrected chi connectivity index (χ4v) is 1.42. The molecule has 0 spiro atoms. The molecule has 0 saturated carbocycles. The molecule has 0 rings (SSSR count). The molecule has 2 nitrogen and oxygen atoms in total. The van der Waals surface area contributed by atoms with Crippen molar-refractivity contribution in [3.63, 3.8) is 0 Å². The average molecular weight is 201 g/mol. The lowest BCUT2D eigenvalue weighted by Crippen LogP contribution is -2.38. The molecule has 0 aliphatic carbocycles. The van der Waals surface area contributed by atoms with Gasteiger partial charge in [0.1, 0.15) is 0 Å². The zero-order valence-corrected chi connectivity index (χ0v) is 10.7. The van der Waals surface area contributed by atoms with E-state index in [1.807, 2.05) is 0 Å². The monoisotopic (exact) mass is 201 g/mol. The maximum atomic E-state index is 5.69. The van der Waals surface area contributed by atoms with E-state index in [2.05, 4.69) is 46.9 Å².